The Balaban J connectivity index is 2.49. The van der Waals surface area contributed by atoms with Gasteiger partial charge in [0.25, 0.3) is 0 Å². The van der Waals surface area contributed by atoms with Gasteiger partial charge in [0, 0.05) is 6.54 Å². The number of nitrogens with zero attached hydrogens (tertiary/aromatic N) is 2. The van der Waals surface area contributed by atoms with Crippen molar-refractivity contribution in [3.63, 3.8) is 0 Å². The minimum absolute atomic E-state index is 0.0780. The number of aliphatic hydroxyl groups excluding tert-OH is 1. The lowest BCUT2D eigenvalue weighted by molar-refractivity contribution is 0.331. The van der Waals surface area contributed by atoms with Crippen LogP contribution in [0.25, 0.3) is 0 Å². The lowest BCUT2D eigenvalue weighted by Crippen LogP contribution is -2.38. The number of amidine groups is 1. The summed E-state index contributed by atoms with van der Waals surface area (Å²) in [4.78, 5) is 6.01. The quantitative estimate of drug-likeness (QED) is 0.557. The molecule has 1 aliphatic heterocycles. The zero-order chi connectivity index (χ0) is 10.6. The van der Waals surface area contributed by atoms with Gasteiger partial charge in [0.05, 0.1) is 6.04 Å². The van der Waals surface area contributed by atoms with Crippen LogP contribution in [0.1, 0.15) is 33.1 Å². The number of hydrogen-bond acceptors (Lipinski definition) is 3. The van der Waals surface area contributed by atoms with Gasteiger partial charge in [-0.3, -0.25) is 0 Å². The zero-order valence-electron chi connectivity index (χ0n) is 8.77. The van der Waals surface area contributed by atoms with Crippen LogP contribution in [0.4, 0.5) is 0 Å². The van der Waals surface area contributed by atoms with Gasteiger partial charge in [-0.15, -0.1) is 12.6 Å². The van der Waals surface area contributed by atoms with Gasteiger partial charge >= 0.3 is 0 Å². The van der Waals surface area contributed by atoms with E-state index in [0.29, 0.717) is 5.17 Å². The molecule has 0 aliphatic carbocycles. The maximum absolute atomic E-state index is 9.24. The van der Waals surface area contributed by atoms with E-state index in [1.165, 1.54) is 12.8 Å². The summed E-state index contributed by atoms with van der Waals surface area (Å²) in [6.07, 6.45) is 5.32. The zero-order valence-corrected chi connectivity index (χ0v) is 9.67. The normalized spacial score (nSPS) is 21.9. The van der Waals surface area contributed by atoms with Gasteiger partial charge in [-0.2, -0.15) is 4.99 Å². The fourth-order valence-electron chi connectivity index (χ4n) is 1.53. The summed E-state index contributed by atoms with van der Waals surface area (Å²) in [7, 11) is 0. The van der Waals surface area contributed by atoms with Crippen LogP contribution in [0.15, 0.2) is 17.0 Å². The van der Waals surface area contributed by atoms with E-state index in [1.54, 1.807) is 6.08 Å². The number of thiol groups is 1. The van der Waals surface area contributed by atoms with Gasteiger partial charge in [-0.25, -0.2) is 0 Å². The Kier molecular flexibility index (Phi) is 4.32. The standard InChI is InChI=1S/C10H18N2OS/c1-3-4-5-6-12-8(2)7-9(13)11-10(12)14/h7-8,13H,3-6H2,1-2H3,(H,11,14). The first kappa shape index (κ1) is 11.4. The van der Waals surface area contributed by atoms with Crippen molar-refractivity contribution in [3.05, 3.63) is 12.0 Å². The summed E-state index contributed by atoms with van der Waals surface area (Å²) in [5, 5.41) is 9.86. The summed E-state index contributed by atoms with van der Waals surface area (Å²) >= 11 is 4.25. The van der Waals surface area contributed by atoms with Crippen molar-refractivity contribution in [3.8, 4) is 0 Å². The van der Waals surface area contributed by atoms with Gasteiger partial charge < -0.3 is 10.0 Å². The number of hydrogen-bond donors (Lipinski definition) is 2. The third-order valence-corrected chi connectivity index (χ3v) is 2.71. The molecule has 0 saturated heterocycles. The molecule has 0 spiro atoms. The molecule has 3 nitrogen and oxygen atoms in total. The molecule has 1 atom stereocenters. The van der Waals surface area contributed by atoms with E-state index in [9.17, 15) is 5.11 Å². The van der Waals surface area contributed by atoms with Crippen molar-refractivity contribution in [2.75, 3.05) is 6.54 Å². The Morgan fingerprint density at radius 3 is 2.86 bits per heavy atom. The smallest absolute Gasteiger partial charge is 0.211 e. The second-order valence-electron chi connectivity index (χ2n) is 3.58. The molecule has 0 fully saturated rings. The molecule has 0 bridgehead atoms. The molecule has 0 aromatic rings. The van der Waals surface area contributed by atoms with Gasteiger partial charge in [0.1, 0.15) is 0 Å². The van der Waals surface area contributed by atoms with Crippen LogP contribution < -0.4 is 0 Å². The Labute approximate surface area is 90.9 Å². The average molecular weight is 214 g/mol. The monoisotopic (exact) mass is 214 g/mol. The third-order valence-electron chi connectivity index (χ3n) is 2.36. The highest BCUT2D eigenvalue weighted by molar-refractivity contribution is 7.96. The molecule has 14 heavy (non-hydrogen) atoms. The van der Waals surface area contributed by atoms with E-state index in [2.05, 4.69) is 29.4 Å². The second-order valence-corrected chi connectivity index (χ2v) is 3.98. The second kappa shape index (κ2) is 5.29. The number of unbranched alkanes of at least 4 members (excludes halogenated alkanes) is 2. The molecule has 1 N–H and O–H groups in total. The van der Waals surface area contributed by atoms with E-state index < -0.39 is 0 Å². The van der Waals surface area contributed by atoms with E-state index >= 15 is 0 Å². The van der Waals surface area contributed by atoms with E-state index in [4.69, 9.17) is 0 Å². The molecule has 1 rings (SSSR count). The van der Waals surface area contributed by atoms with Crippen LogP contribution in [0, 0.1) is 0 Å². The van der Waals surface area contributed by atoms with Gasteiger partial charge in [-0.1, -0.05) is 19.8 Å². The Morgan fingerprint density at radius 1 is 1.57 bits per heavy atom. The van der Waals surface area contributed by atoms with Crippen LogP contribution in [0.2, 0.25) is 0 Å². The van der Waals surface area contributed by atoms with Crippen molar-refractivity contribution < 1.29 is 5.11 Å². The summed E-state index contributed by atoms with van der Waals surface area (Å²) in [5.41, 5.74) is 0. The van der Waals surface area contributed by atoms with Crippen molar-refractivity contribution in [2.45, 2.75) is 39.2 Å². The Bertz CT molecular complexity index is 251. The molecule has 0 saturated carbocycles. The predicted octanol–water partition coefficient (Wildman–Crippen LogP) is 2.57. The van der Waals surface area contributed by atoms with Gasteiger partial charge in [-0.05, 0) is 19.4 Å². The van der Waals surface area contributed by atoms with Crippen molar-refractivity contribution >= 4 is 17.8 Å². The average Bonchev–Trinajstić information content (AvgIpc) is 2.09. The molecule has 0 amide bonds. The summed E-state index contributed by atoms with van der Waals surface area (Å²) in [6, 6.07) is 0.192. The van der Waals surface area contributed by atoms with Crippen LogP contribution in [0.3, 0.4) is 0 Å². The summed E-state index contributed by atoms with van der Waals surface area (Å²) in [5.74, 6) is 0.0780. The molecule has 4 heteroatoms. The molecule has 0 aromatic carbocycles. The van der Waals surface area contributed by atoms with Crippen molar-refractivity contribution in [2.24, 2.45) is 4.99 Å². The first-order valence-electron chi connectivity index (χ1n) is 5.10. The van der Waals surface area contributed by atoms with Crippen LogP contribution in [0.5, 0.6) is 0 Å². The molecule has 1 unspecified atom stereocenters. The van der Waals surface area contributed by atoms with Crippen molar-refractivity contribution in [1.82, 2.24) is 4.90 Å². The predicted molar refractivity (Wildman–Crippen MR) is 62.8 cm³/mol. The lowest BCUT2D eigenvalue weighted by atomic mass is 10.2. The maximum atomic E-state index is 9.24. The molecule has 1 heterocycles. The van der Waals surface area contributed by atoms with Crippen LogP contribution in [-0.2, 0) is 0 Å². The fraction of sp³-hybridized carbons (Fsp3) is 0.700. The third kappa shape index (κ3) is 2.94. The fourth-order valence-corrected chi connectivity index (χ4v) is 1.91. The number of aliphatic hydroxyl groups is 1. The Morgan fingerprint density at radius 2 is 2.29 bits per heavy atom. The van der Waals surface area contributed by atoms with Gasteiger partial charge in [0.15, 0.2) is 5.17 Å². The minimum atomic E-state index is 0.0780. The molecule has 1 aliphatic rings. The van der Waals surface area contributed by atoms with E-state index in [1.807, 2.05) is 6.92 Å². The lowest BCUT2D eigenvalue weighted by Gasteiger charge is -2.30. The molecular weight excluding hydrogens is 196 g/mol. The summed E-state index contributed by atoms with van der Waals surface area (Å²) < 4.78 is 0. The SMILES string of the molecule is CCCCCN1C(S)=NC(O)=CC1C. The van der Waals surface area contributed by atoms with E-state index in [0.717, 1.165) is 13.0 Å². The van der Waals surface area contributed by atoms with Crippen LogP contribution in [-0.4, -0.2) is 27.8 Å². The summed E-state index contributed by atoms with van der Waals surface area (Å²) in [6.45, 7) is 5.18. The topological polar surface area (TPSA) is 35.8 Å². The highest BCUT2D eigenvalue weighted by atomic mass is 32.1. The first-order valence-corrected chi connectivity index (χ1v) is 5.55. The first-order chi connectivity index (χ1) is 6.65. The molecule has 0 aromatic heterocycles. The van der Waals surface area contributed by atoms with Crippen molar-refractivity contribution in [1.29, 1.82) is 0 Å². The van der Waals surface area contributed by atoms with Gasteiger partial charge in [0.2, 0.25) is 5.88 Å². The molecule has 0 radical (unpaired) electrons. The van der Waals surface area contributed by atoms with Crippen LogP contribution >= 0.6 is 12.6 Å². The van der Waals surface area contributed by atoms with E-state index in [-0.39, 0.29) is 11.9 Å². The minimum Gasteiger partial charge on any atom is -0.493 e. The molecule has 80 valence electrons. The highest BCUT2D eigenvalue weighted by Crippen LogP contribution is 2.15. The number of aliphatic imine (C=N–C) groups is 1. The largest absolute Gasteiger partial charge is 0.493 e. The highest BCUT2D eigenvalue weighted by Gasteiger charge is 2.18. The molecular formula is C10H18N2OS. The number of rotatable bonds is 4. The Hall–Kier alpha value is -0.640. The maximum Gasteiger partial charge on any atom is 0.211 e.